The van der Waals surface area contributed by atoms with E-state index in [4.69, 9.17) is 4.98 Å². The molecule has 5 aromatic rings. The van der Waals surface area contributed by atoms with Crippen molar-refractivity contribution in [2.45, 2.75) is 44.7 Å². The summed E-state index contributed by atoms with van der Waals surface area (Å²) >= 11 is 6.46. The van der Waals surface area contributed by atoms with Gasteiger partial charge >= 0.3 is 0 Å². The van der Waals surface area contributed by atoms with Gasteiger partial charge in [0.05, 0.1) is 16.8 Å². The van der Waals surface area contributed by atoms with Crippen LogP contribution in [0.5, 0.6) is 0 Å². The summed E-state index contributed by atoms with van der Waals surface area (Å²) in [6.07, 6.45) is 4.20. The number of hydrogen-bond donors (Lipinski definition) is 0. The summed E-state index contributed by atoms with van der Waals surface area (Å²) in [6.45, 7) is 3.99. The number of nitrogens with zero attached hydrogens (tertiary/aromatic N) is 3. The molecule has 1 aliphatic rings. The topological polar surface area (TPSA) is 56.9 Å². The Morgan fingerprint density at radius 2 is 1.71 bits per heavy atom. The Hall–Kier alpha value is -2.94. The van der Waals surface area contributed by atoms with Crippen LogP contribution in [0.1, 0.15) is 45.0 Å². The van der Waals surface area contributed by atoms with Crippen molar-refractivity contribution in [3.63, 3.8) is 0 Å². The van der Waals surface area contributed by atoms with Crippen molar-refractivity contribution < 1.29 is 4.79 Å². The highest BCUT2D eigenvalue weighted by Gasteiger charge is 2.24. The van der Waals surface area contributed by atoms with E-state index in [1.165, 1.54) is 22.2 Å². The Balaban J connectivity index is 1.37. The molecule has 0 amide bonds. The monoisotopic (exact) mass is 603 g/mol. The molecule has 6 rings (SSSR count). The summed E-state index contributed by atoms with van der Waals surface area (Å²) in [7, 11) is 0. The van der Waals surface area contributed by atoms with Gasteiger partial charge in [-0.3, -0.25) is 14.2 Å². The van der Waals surface area contributed by atoms with E-state index in [9.17, 15) is 9.59 Å². The van der Waals surface area contributed by atoms with Crippen LogP contribution in [0.15, 0.2) is 75.1 Å². The predicted molar refractivity (Wildman–Crippen MR) is 160 cm³/mol. The first-order chi connectivity index (χ1) is 18.4. The van der Waals surface area contributed by atoms with Gasteiger partial charge in [0.2, 0.25) is 0 Å². The zero-order chi connectivity index (χ0) is 26.4. The maximum absolute atomic E-state index is 13.9. The number of fused-ring (bicyclic) bond motifs is 3. The molecule has 0 aliphatic heterocycles. The molecular formula is C30H26BrN3O2S2. The molecule has 0 unspecified atom stereocenters. The highest BCUT2D eigenvalue weighted by molar-refractivity contribution is 9.10. The molecule has 0 radical (unpaired) electrons. The Bertz CT molecular complexity index is 1730. The highest BCUT2D eigenvalue weighted by atomic mass is 79.9. The van der Waals surface area contributed by atoms with Crippen LogP contribution in [0.25, 0.3) is 21.6 Å². The summed E-state index contributed by atoms with van der Waals surface area (Å²) in [5.74, 6) is 0.214. The van der Waals surface area contributed by atoms with Crippen molar-refractivity contribution >= 4 is 55.0 Å². The van der Waals surface area contributed by atoms with E-state index in [1.54, 1.807) is 15.9 Å². The lowest BCUT2D eigenvalue weighted by atomic mass is 9.97. The van der Waals surface area contributed by atoms with Gasteiger partial charge in [-0.1, -0.05) is 45.9 Å². The average Bonchev–Trinajstić information content (AvgIpc) is 3.45. The fourth-order valence-corrected chi connectivity index (χ4v) is 7.79. The number of hydrogen-bond acceptors (Lipinski definition) is 5. The third-order valence-corrected chi connectivity index (χ3v) is 9.77. The van der Waals surface area contributed by atoms with Gasteiger partial charge in [-0.2, -0.15) is 0 Å². The molecule has 0 N–H and O–H groups in total. The number of rotatable bonds is 6. The fraction of sp³-hybridized carbons (Fsp3) is 0.233. The van der Waals surface area contributed by atoms with Crippen LogP contribution in [0.3, 0.4) is 0 Å². The van der Waals surface area contributed by atoms with E-state index in [0.717, 1.165) is 63.1 Å². The van der Waals surface area contributed by atoms with Crippen LogP contribution >= 0.6 is 39.0 Å². The molecule has 0 fully saturated rings. The molecule has 0 spiro atoms. The minimum Gasteiger partial charge on any atom is -0.318 e. The van der Waals surface area contributed by atoms with Gasteiger partial charge in [-0.15, -0.1) is 11.3 Å². The first kappa shape index (κ1) is 25.3. The van der Waals surface area contributed by atoms with Crippen LogP contribution < -0.4 is 5.56 Å². The fourth-order valence-electron chi connectivity index (χ4n) is 5.33. The lowest BCUT2D eigenvalue weighted by molar-refractivity contribution is 0.102. The summed E-state index contributed by atoms with van der Waals surface area (Å²) < 4.78 is 4.80. The molecule has 0 saturated heterocycles. The third-order valence-electron chi connectivity index (χ3n) is 7.12. The number of para-hydroxylation sites is 1. The Labute approximate surface area is 237 Å². The molecule has 3 heterocycles. The van der Waals surface area contributed by atoms with E-state index in [-0.39, 0.29) is 17.1 Å². The molecular weight excluding hydrogens is 578 g/mol. The summed E-state index contributed by atoms with van der Waals surface area (Å²) in [6, 6.07) is 19.6. The van der Waals surface area contributed by atoms with Crippen molar-refractivity contribution in [2.24, 2.45) is 0 Å². The van der Waals surface area contributed by atoms with Gasteiger partial charge in [0.1, 0.15) is 4.83 Å². The Kier molecular flexibility index (Phi) is 6.88. The molecule has 1 aliphatic carbocycles. The SMILES string of the molecule is Cc1cc(C(=O)CSc2nc3sc4c(c3c(=O)n2-c2ccccc2)CCCC4)c(C)n1-c1ccc(Br)cc1. The Morgan fingerprint density at radius 1 is 1.00 bits per heavy atom. The van der Waals surface area contributed by atoms with E-state index >= 15 is 0 Å². The van der Waals surface area contributed by atoms with Crippen LogP contribution in [0.2, 0.25) is 0 Å². The molecule has 2 aromatic carbocycles. The quantitative estimate of drug-likeness (QED) is 0.115. The summed E-state index contributed by atoms with van der Waals surface area (Å²) in [5, 5.41) is 1.31. The molecule has 0 bridgehead atoms. The van der Waals surface area contributed by atoms with Crippen LogP contribution in [0.4, 0.5) is 0 Å². The van der Waals surface area contributed by atoms with E-state index < -0.39 is 0 Å². The largest absolute Gasteiger partial charge is 0.318 e. The van der Waals surface area contributed by atoms with E-state index in [2.05, 4.69) is 20.5 Å². The number of Topliss-reactive ketones (excluding diaryl/α,β-unsaturated/α-hetero) is 1. The predicted octanol–water partition coefficient (Wildman–Crippen LogP) is 7.47. The number of halogens is 1. The normalized spacial score (nSPS) is 13.1. The molecule has 8 heteroatoms. The molecule has 38 heavy (non-hydrogen) atoms. The lowest BCUT2D eigenvalue weighted by Gasteiger charge is -2.13. The second-order valence-electron chi connectivity index (χ2n) is 9.57. The van der Waals surface area contributed by atoms with Crippen LogP contribution in [-0.2, 0) is 12.8 Å². The first-order valence-corrected chi connectivity index (χ1v) is 15.3. The van der Waals surface area contributed by atoms with Gasteiger partial charge in [0.15, 0.2) is 10.9 Å². The van der Waals surface area contributed by atoms with Gasteiger partial charge in [0, 0.05) is 32.0 Å². The number of aromatic nitrogens is 3. The van der Waals surface area contributed by atoms with E-state index in [0.29, 0.717) is 10.7 Å². The molecule has 3 aromatic heterocycles. The molecule has 5 nitrogen and oxygen atoms in total. The van der Waals surface area contributed by atoms with Crippen molar-refractivity contribution in [1.82, 2.24) is 14.1 Å². The Morgan fingerprint density at radius 3 is 2.47 bits per heavy atom. The second-order valence-corrected chi connectivity index (χ2v) is 12.5. The second kappa shape index (κ2) is 10.3. The summed E-state index contributed by atoms with van der Waals surface area (Å²) in [5.41, 5.74) is 5.52. The standard InChI is InChI=1S/C30H26BrN3O2S2/c1-18-16-24(19(2)33(18)22-14-12-20(31)13-15-22)25(35)17-37-30-32-28-27(23-10-6-7-11-26(23)38-28)29(36)34(30)21-8-4-3-5-9-21/h3-5,8-9,12-16H,6-7,10-11,17H2,1-2H3. The van der Waals surface area contributed by atoms with Crippen molar-refractivity contribution in [3.05, 3.63) is 103 Å². The minimum absolute atomic E-state index is 0.0193. The third kappa shape index (κ3) is 4.48. The molecule has 0 atom stereocenters. The zero-order valence-corrected chi connectivity index (χ0v) is 24.4. The maximum Gasteiger partial charge on any atom is 0.267 e. The minimum atomic E-state index is -0.0380. The number of ketones is 1. The van der Waals surface area contributed by atoms with Gasteiger partial charge in [0.25, 0.3) is 5.56 Å². The van der Waals surface area contributed by atoms with Crippen LogP contribution in [-0.4, -0.2) is 25.7 Å². The molecule has 192 valence electrons. The number of aryl methyl sites for hydroxylation is 3. The number of thiophene rings is 1. The van der Waals surface area contributed by atoms with Crippen molar-refractivity contribution in [3.8, 4) is 11.4 Å². The van der Waals surface area contributed by atoms with Crippen LogP contribution in [0, 0.1) is 13.8 Å². The van der Waals surface area contributed by atoms with Gasteiger partial charge in [-0.25, -0.2) is 4.98 Å². The number of carbonyl (C=O) groups is 1. The van der Waals surface area contributed by atoms with Gasteiger partial charge in [-0.05, 0) is 87.6 Å². The summed E-state index contributed by atoms with van der Waals surface area (Å²) in [4.78, 5) is 34.4. The molecule has 0 saturated carbocycles. The average molecular weight is 605 g/mol. The lowest BCUT2D eigenvalue weighted by Crippen LogP contribution is -2.22. The van der Waals surface area contributed by atoms with Crippen molar-refractivity contribution in [1.29, 1.82) is 0 Å². The van der Waals surface area contributed by atoms with Crippen molar-refractivity contribution in [2.75, 3.05) is 5.75 Å². The number of thioether (sulfide) groups is 1. The maximum atomic E-state index is 13.9. The number of carbonyl (C=O) groups excluding carboxylic acids is 1. The number of benzene rings is 2. The van der Waals surface area contributed by atoms with E-state index in [1.807, 2.05) is 74.5 Å². The van der Waals surface area contributed by atoms with Gasteiger partial charge < -0.3 is 4.57 Å². The highest BCUT2D eigenvalue weighted by Crippen LogP contribution is 2.35. The first-order valence-electron chi connectivity index (χ1n) is 12.7. The zero-order valence-electron chi connectivity index (χ0n) is 21.2. The smallest absolute Gasteiger partial charge is 0.267 e.